The van der Waals surface area contributed by atoms with Gasteiger partial charge in [0.05, 0.1) is 26.5 Å². The zero-order valence-corrected chi connectivity index (χ0v) is 20.5. The molecule has 2 N–H and O–H groups in total. The Morgan fingerprint density at radius 2 is 1.81 bits per heavy atom. The van der Waals surface area contributed by atoms with Crippen LogP contribution in [0.3, 0.4) is 0 Å². The Morgan fingerprint density at radius 1 is 1.09 bits per heavy atom. The summed E-state index contributed by atoms with van der Waals surface area (Å²) >= 11 is 0. The van der Waals surface area contributed by atoms with Crippen molar-refractivity contribution in [3.05, 3.63) is 40.7 Å². The molecule has 0 aliphatic heterocycles. The van der Waals surface area contributed by atoms with Crippen molar-refractivity contribution < 1.29 is 9.47 Å². The third kappa shape index (κ3) is 5.19. The first-order valence-corrected chi connectivity index (χ1v) is 11.7. The SMILES string of the molecule is CCNC(=NCc1c(C)nn(C)c1C)NCC1(c2ccc(OC)c(OC)c2)CCCCC1. The van der Waals surface area contributed by atoms with Gasteiger partial charge in [0.15, 0.2) is 17.5 Å². The second kappa shape index (κ2) is 10.7. The molecule has 0 amide bonds. The summed E-state index contributed by atoms with van der Waals surface area (Å²) in [5, 5.41) is 11.6. The van der Waals surface area contributed by atoms with Crippen molar-refractivity contribution in [3.8, 4) is 11.5 Å². The Hall–Kier alpha value is -2.70. The molecule has 7 nitrogen and oxygen atoms in total. The molecule has 32 heavy (non-hydrogen) atoms. The van der Waals surface area contributed by atoms with Crippen molar-refractivity contribution in [2.45, 2.75) is 64.8 Å². The summed E-state index contributed by atoms with van der Waals surface area (Å²) in [7, 11) is 5.36. The zero-order chi connectivity index (χ0) is 23.1. The lowest BCUT2D eigenvalue weighted by molar-refractivity contribution is 0.288. The minimum Gasteiger partial charge on any atom is -0.493 e. The predicted octanol–water partition coefficient (Wildman–Crippen LogP) is 4.01. The highest BCUT2D eigenvalue weighted by molar-refractivity contribution is 5.80. The van der Waals surface area contributed by atoms with Gasteiger partial charge in [-0.3, -0.25) is 4.68 Å². The van der Waals surface area contributed by atoms with Crippen molar-refractivity contribution in [2.75, 3.05) is 27.3 Å². The van der Waals surface area contributed by atoms with E-state index < -0.39 is 0 Å². The highest BCUT2D eigenvalue weighted by atomic mass is 16.5. The van der Waals surface area contributed by atoms with Crippen LogP contribution in [-0.2, 0) is 19.0 Å². The van der Waals surface area contributed by atoms with Crippen LogP contribution in [0.2, 0.25) is 0 Å². The summed E-state index contributed by atoms with van der Waals surface area (Å²) in [5.74, 6) is 2.41. The molecule has 0 unspecified atom stereocenters. The van der Waals surface area contributed by atoms with Crippen LogP contribution in [0.25, 0.3) is 0 Å². The van der Waals surface area contributed by atoms with Crippen LogP contribution >= 0.6 is 0 Å². The Kier molecular flexibility index (Phi) is 8.04. The van der Waals surface area contributed by atoms with Crippen LogP contribution in [0.1, 0.15) is 61.5 Å². The fourth-order valence-corrected chi connectivity index (χ4v) is 4.76. The summed E-state index contributed by atoms with van der Waals surface area (Å²) < 4.78 is 13.0. The highest BCUT2D eigenvalue weighted by Gasteiger charge is 2.34. The number of benzene rings is 1. The van der Waals surface area contributed by atoms with E-state index in [1.807, 2.05) is 24.7 Å². The lowest BCUT2D eigenvalue weighted by atomic mass is 9.69. The minimum absolute atomic E-state index is 0.0497. The number of nitrogens with zero attached hydrogens (tertiary/aromatic N) is 3. The van der Waals surface area contributed by atoms with Gasteiger partial charge in [-0.1, -0.05) is 25.3 Å². The predicted molar refractivity (Wildman–Crippen MR) is 130 cm³/mol. The Bertz CT molecular complexity index is 929. The second-order valence-corrected chi connectivity index (χ2v) is 8.73. The van der Waals surface area contributed by atoms with Gasteiger partial charge >= 0.3 is 0 Å². The summed E-state index contributed by atoms with van der Waals surface area (Å²) in [6.45, 7) is 8.51. The van der Waals surface area contributed by atoms with E-state index in [0.717, 1.165) is 54.8 Å². The Morgan fingerprint density at radius 3 is 2.41 bits per heavy atom. The number of hydrogen-bond donors (Lipinski definition) is 2. The van der Waals surface area contributed by atoms with Gasteiger partial charge < -0.3 is 20.1 Å². The smallest absolute Gasteiger partial charge is 0.191 e. The van der Waals surface area contributed by atoms with Crippen molar-refractivity contribution in [2.24, 2.45) is 12.0 Å². The van der Waals surface area contributed by atoms with Crippen molar-refractivity contribution >= 4 is 5.96 Å². The third-order valence-electron chi connectivity index (χ3n) is 6.80. The van der Waals surface area contributed by atoms with Gasteiger partial charge in [-0.2, -0.15) is 5.10 Å². The Labute approximate surface area is 192 Å². The van der Waals surface area contributed by atoms with E-state index in [1.54, 1.807) is 14.2 Å². The molecule has 176 valence electrons. The van der Waals surface area contributed by atoms with Crippen LogP contribution in [-0.4, -0.2) is 43.0 Å². The van der Waals surface area contributed by atoms with E-state index in [-0.39, 0.29) is 5.41 Å². The van der Waals surface area contributed by atoms with E-state index in [1.165, 1.54) is 30.4 Å². The van der Waals surface area contributed by atoms with Gasteiger partial charge in [-0.15, -0.1) is 0 Å². The number of ether oxygens (including phenoxy) is 2. The monoisotopic (exact) mass is 441 g/mol. The highest BCUT2D eigenvalue weighted by Crippen LogP contribution is 2.42. The molecule has 0 spiro atoms. The van der Waals surface area contributed by atoms with Crippen molar-refractivity contribution in [3.63, 3.8) is 0 Å². The number of rotatable bonds is 8. The van der Waals surface area contributed by atoms with Gasteiger partial charge in [0.25, 0.3) is 0 Å². The van der Waals surface area contributed by atoms with Crippen LogP contribution < -0.4 is 20.1 Å². The molecule has 1 aliphatic rings. The number of methoxy groups -OCH3 is 2. The summed E-state index contributed by atoms with van der Waals surface area (Å²) in [6, 6.07) is 6.37. The topological polar surface area (TPSA) is 72.7 Å². The normalized spacial score (nSPS) is 16.0. The number of guanidine groups is 1. The van der Waals surface area contributed by atoms with Gasteiger partial charge in [0, 0.05) is 36.8 Å². The molecule has 1 aliphatic carbocycles. The van der Waals surface area contributed by atoms with Gasteiger partial charge in [0.2, 0.25) is 0 Å². The molecule has 1 heterocycles. The standard InChI is InChI=1S/C25H39N5O2/c1-7-26-24(27-16-21-18(2)29-30(4)19(21)3)28-17-25(13-9-8-10-14-25)20-11-12-22(31-5)23(15-20)32-6/h11-12,15H,7-10,13-14,16-17H2,1-6H3,(H2,26,27,28). The minimum atomic E-state index is 0.0497. The quantitative estimate of drug-likeness (QED) is 0.478. The molecule has 2 aromatic rings. The van der Waals surface area contributed by atoms with Crippen molar-refractivity contribution in [1.82, 2.24) is 20.4 Å². The molecule has 1 fully saturated rings. The average molecular weight is 442 g/mol. The van der Waals surface area contributed by atoms with Gasteiger partial charge in [0.1, 0.15) is 0 Å². The maximum Gasteiger partial charge on any atom is 0.191 e. The molecule has 1 aromatic carbocycles. The van der Waals surface area contributed by atoms with Crippen LogP contribution in [0.4, 0.5) is 0 Å². The van der Waals surface area contributed by atoms with Gasteiger partial charge in [-0.05, 0) is 51.3 Å². The number of aryl methyl sites for hydroxylation is 2. The maximum atomic E-state index is 5.60. The molecule has 7 heteroatoms. The number of hydrogen-bond acceptors (Lipinski definition) is 4. The van der Waals surface area contributed by atoms with Gasteiger partial charge in [-0.25, -0.2) is 4.99 Å². The lowest BCUT2D eigenvalue weighted by Crippen LogP contribution is -2.46. The lowest BCUT2D eigenvalue weighted by Gasteiger charge is -2.38. The van der Waals surface area contributed by atoms with E-state index in [4.69, 9.17) is 14.5 Å². The van der Waals surface area contributed by atoms with Crippen LogP contribution in [0.15, 0.2) is 23.2 Å². The molecular formula is C25H39N5O2. The summed E-state index contributed by atoms with van der Waals surface area (Å²) in [6.07, 6.45) is 6.06. The molecule has 0 atom stereocenters. The molecule has 1 saturated carbocycles. The van der Waals surface area contributed by atoms with Crippen LogP contribution in [0.5, 0.6) is 11.5 Å². The largest absolute Gasteiger partial charge is 0.493 e. The Balaban J connectivity index is 1.82. The average Bonchev–Trinajstić information content (AvgIpc) is 3.06. The molecule has 1 aromatic heterocycles. The summed E-state index contributed by atoms with van der Waals surface area (Å²) in [4.78, 5) is 4.89. The first kappa shape index (κ1) is 24.0. The first-order valence-electron chi connectivity index (χ1n) is 11.7. The number of aliphatic imine (C=N–C) groups is 1. The third-order valence-corrected chi connectivity index (χ3v) is 6.80. The van der Waals surface area contributed by atoms with Crippen molar-refractivity contribution in [1.29, 1.82) is 0 Å². The first-order chi connectivity index (χ1) is 15.4. The maximum absolute atomic E-state index is 5.60. The zero-order valence-electron chi connectivity index (χ0n) is 20.5. The molecule has 0 saturated heterocycles. The number of aromatic nitrogens is 2. The number of nitrogens with one attached hydrogen (secondary N) is 2. The van der Waals surface area contributed by atoms with Crippen LogP contribution in [0, 0.1) is 13.8 Å². The molecular weight excluding hydrogens is 402 g/mol. The molecule has 3 rings (SSSR count). The van der Waals surface area contributed by atoms with E-state index in [9.17, 15) is 0 Å². The van der Waals surface area contributed by atoms with E-state index in [2.05, 4.69) is 41.7 Å². The summed E-state index contributed by atoms with van der Waals surface area (Å²) in [5.41, 5.74) is 4.75. The van der Waals surface area contributed by atoms with E-state index >= 15 is 0 Å². The molecule has 0 bridgehead atoms. The molecule has 0 radical (unpaired) electrons. The fraction of sp³-hybridized carbons (Fsp3) is 0.600. The second-order valence-electron chi connectivity index (χ2n) is 8.73. The fourth-order valence-electron chi connectivity index (χ4n) is 4.76. The van der Waals surface area contributed by atoms with E-state index in [0.29, 0.717) is 6.54 Å².